The number of methoxy groups -OCH3 is 1. The second-order valence-corrected chi connectivity index (χ2v) is 8.06. The Balaban J connectivity index is 1.59. The van der Waals surface area contributed by atoms with E-state index in [0.717, 1.165) is 49.7 Å². The van der Waals surface area contributed by atoms with Gasteiger partial charge in [-0.05, 0) is 58.6 Å². The van der Waals surface area contributed by atoms with Gasteiger partial charge in [0.05, 0.1) is 13.2 Å². The summed E-state index contributed by atoms with van der Waals surface area (Å²) in [4.78, 5) is 2.57. The third-order valence-electron chi connectivity index (χ3n) is 5.34. The summed E-state index contributed by atoms with van der Waals surface area (Å²) in [6.45, 7) is 4.76. The predicted molar refractivity (Wildman–Crippen MR) is 119 cm³/mol. The van der Waals surface area contributed by atoms with Crippen molar-refractivity contribution in [2.24, 2.45) is 0 Å². The normalized spacial score (nSPS) is 16.2. The van der Waals surface area contributed by atoms with Gasteiger partial charge >= 0.3 is 0 Å². The van der Waals surface area contributed by atoms with Gasteiger partial charge in [0.2, 0.25) is 0 Å². The minimum Gasteiger partial charge on any atom is -0.493 e. The van der Waals surface area contributed by atoms with Crippen LogP contribution in [-0.2, 0) is 6.61 Å². The molecule has 0 amide bonds. The SMILES string of the molecule is COc1cc(C(c2ccsc2)N2CCCNCC2)ccc1OCc1ccccc1. The summed E-state index contributed by atoms with van der Waals surface area (Å²) in [6, 6.07) is 19.1. The molecule has 1 aliphatic rings. The van der Waals surface area contributed by atoms with E-state index in [1.54, 1.807) is 18.4 Å². The summed E-state index contributed by atoms with van der Waals surface area (Å²) in [5, 5.41) is 7.93. The Labute approximate surface area is 177 Å². The molecule has 1 saturated heterocycles. The molecule has 5 heteroatoms. The van der Waals surface area contributed by atoms with E-state index < -0.39 is 0 Å². The Hall–Kier alpha value is -2.34. The first kappa shape index (κ1) is 20.0. The van der Waals surface area contributed by atoms with Crippen LogP contribution >= 0.6 is 11.3 Å². The molecule has 2 heterocycles. The minimum absolute atomic E-state index is 0.234. The van der Waals surface area contributed by atoms with Gasteiger partial charge < -0.3 is 14.8 Å². The van der Waals surface area contributed by atoms with Gasteiger partial charge in [-0.1, -0.05) is 36.4 Å². The lowest BCUT2D eigenvalue weighted by atomic mass is 9.98. The monoisotopic (exact) mass is 408 g/mol. The summed E-state index contributed by atoms with van der Waals surface area (Å²) in [5.74, 6) is 1.56. The van der Waals surface area contributed by atoms with Crippen LogP contribution < -0.4 is 14.8 Å². The van der Waals surface area contributed by atoms with Crippen molar-refractivity contribution >= 4 is 11.3 Å². The molecular weight excluding hydrogens is 380 g/mol. The highest BCUT2D eigenvalue weighted by molar-refractivity contribution is 7.08. The van der Waals surface area contributed by atoms with Crippen LogP contribution in [-0.4, -0.2) is 38.2 Å². The maximum atomic E-state index is 6.06. The van der Waals surface area contributed by atoms with E-state index in [9.17, 15) is 0 Å². The van der Waals surface area contributed by atoms with E-state index in [2.05, 4.69) is 51.3 Å². The number of hydrogen-bond donors (Lipinski definition) is 1. The maximum absolute atomic E-state index is 6.06. The van der Waals surface area contributed by atoms with Gasteiger partial charge in [0, 0.05) is 19.6 Å². The van der Waals surface area contributed by atoms with Crippen LogP contribution in [0.2, 0.25) is 0 Å². The quantitative estimate of drug-likeness (QED) is 0.613. The molecule has 1 N–H and O–H groups in total. The highest BCUT2D eigenvalue weighted by atomic mass is 32.1. The minimum atomic E-state index is 0.234. The number of hydrogen-bond acceptors (Lipinski definition) is 5. The third-order valence-corrected chi connectivity index (χ3v) is 6.04. The highest BCUT2D eigenvalue weighted by Gasteiger charge is 2.24. The Kier molecular flexibility index (Phi) is 6.83. The lowest BCUT2D eigenvalue weighted by Gasteiger charge is -2.31. The lowest BCUT2D eigenvalue weighted by Crippen LogP contribution is -2.32. The first-order chi connectivity index (χ1) is 14.3. The van der Waals surface area contributed by atoms with Crippen molar-refractivity contribution in [3.8, 4) is 11.5 Å². The van der Waals surface area contributed by atoms with E-state index in [1.807, 2.05) is 24.3 Å². The van der Waals surface area contributed by atoms with E-state index >= 15 is 0 Å². The van der Waals surface area contributed by atoms with Crippen molar-refractivity contribution in [2.75, 3.05) is 33.3 Å². The van der Waals surface area contributed by atoms with Crippen molar-refractivity contribution in [1.29, 1.82) is 0 Å². The molecule has 29 heavy (non-hydrogen) atoms. The molecule has 0 radical (unpaired) electrons. The van der Waals surface area contributed by atoms with Crippen LogP contribution in [0.3, 0.4) is 0 Å². The van der Waals surface area contributed by atoms with Crippen molar-refractivity contribution in [2.45, 2.75) is 19.1 Å². The van der Waals surface area contributed by atoms with E-state index in [4.69, 9.17) is 9.47 Å². The van der Waals surface area contributed by atoms with Crippen LogP contribution in [0, 0.1) is 0 Å². The fraction of sp³-hybridized carbons (Fsp3) is 0.333. The molecule has 0 aliphatic carbocycles. The van der Waals surface area contributed by atoms with Gasteiger partial charge in [-0.25, -0.2) is 0 Å². The van der Waals surface area contributed by atoms with Crippen LogP contribution in [0.4, 0.5) is 0 Å². The molecule has 1 aliphatic heterocycles. The Morgan fingerprint density at radius 1 is 1.00 bits per heavy atom. The number of benzene rings is 2. The van der Waals surface area contributed by atoms with Gasteiger partial charge in [-0.15, -0.1) is 0 Å². The van der Waals surface area contributed by atoms with Gasteiger partial charge in [-0.2, -0.15) is 11.3 Å². The van der Waals surface area contributed by atoms with Crippen LogP contribution in [0.5, 0.6) is 11.5 Å². The van der Waals surface area contributed by atoms with Gasteiger partial charge in [0.15, 0.2) is 11.5 Å². The van der Waals surface area contributed by atoms with Crippen molar-refractivity contribution in [3.63, 3.8) is 0 Å². The number of nitrogens with zero attached hydrogens (tertiary/aromatic N) is 1. The van der Waals surface area contributed by atoms with E-state index in [0.29, 0.717) is 6.61 Å². The molecule has 152 valence electrons. The molecule has 2 aromatic carbocycles. The smallest absolute Gasteiger partial charge is 0.161 e. The van der Waals surface area contributed by atoms with E-state index in [-0.39, 0.29) is 6.04 Å². The first-order valence-electron chi connectivity index (χ1n) is 10.2. The molecule has 0 bridgehead atoms. The van der Waals surface area contributed by atoms with Crippen LogP contribution in [0.25, 0.3) is 0 Å². The van der Waals surface area contributed by atoms with Gasteiger partial charge in [0.1, 0.15) is 6.61 Å². The zero-order chi connectivity index (χ0) is 19.9. The van der Waals surface area contributed by atoms with Crippen LogP contribution in [0.1, 0.15) is 29.2 Å². The summed E-state index contributed by atoms with van der Waals surface area (Å²) < 4.78 is 11.8. The molecule has 4 rings (SSSR count). The van der Waals surface area contributed by atoms with Crippen molar-refractivity contribution in [3.05, 3.63) is 82.0 Å². The molecule has 1 atom stereocenters. The number of rotatable bonds is 7. The Bertz CT molecular complexity index is 875. The number of nitrogens with one attached hydrogen (secondary N) is 1. The largest absolute Gasteiger partial charge is 0.493 e. The summed E-state index contributed by atoms with van der Waals surface area (Å²) in [7, 11) is 1.71. The third kappa shape index (κ3) is 4.99. The molecule has 3 aromatic rings. The number of ether oxygens (including phenoxy) is 2. The molecule has 1 fully saturated rings. The first-order valence-corrected chi connectivity index (χ1v) is 11.1. The van der Waals surface area contributed by atoms with Gasteiger partial charge in [-0.3, -0.25) is 4.90 Å². The zero-order valence-electron chi connectivity index (χ0n) is 16.8. The maximum Gasteiger partial charge on any atom is 0.161 e. The number of thiophene rings is 1. The summed E-state index contributed by atoms with van der Waals surface area (Å²) >= 11 is 1.75. The second kappa shape index (κ2) is 9.92. The standard InChI is InChI=1S/C24H28N2O2S/c1-27-23-16-20(8-9-22(23)28-17-19-6-3-2-4-7-19)24(21-10-15-29-18-21)26-13-5-11-25-12-14-26/h2-4,6-10,15-16,18,24-25H,5,11-14,17H2,1H3. The molecule has 1 aromatic heterocycles. The fourth-order valence-corrected chi connectivity index (χ4v) is 4.56. The molecule has 0 spiro atoms. The van der Waals surface area contributed by atoms with E-state index in [1.165, 1.54) is 11.1 Å². The average molecular weight is 409 g/mol. The van der Waals surface area contributed by atoms with Crippen LogP contribution in [0.15, 0.2) is 65.4 Å². The van der Waals surface area contributed by atoms with Crippen molar-refractivity contribution in [1.82, 2.24) is 10.2 Å². The molecule has 4 nitrogen and oxygen atoms in total. The fourth-order valence-electron chi connectivity index (χ4n) is 3.88. The summed E-state index contributed by atoms with van der Waals surface area (Å²) in [5.41, 5.74) is 3.73. The summed E-state index contributed by atoms with van der Waals surface area (Å²) in [6.07, 6.45) is 1.16. The Morgan fingerprint density at radius 2 is 1.90 bits per heavy atom. The second-order valence-electron chi connectivity index (χ2n) is 7.28. The van der Waals surface area contributed by atoms with Crippen molar-refractivity contribution < 1.29 is 9.47 Å². The average Bonchev–Trinajstić information content (AvgIpc) is 3.16. The molecular formula is C24H28N2O2S. The van der Waals surface area contributed by atoms with Gasteiger partial charge in [0.25, 0.3) is 0 Å². The molecule has 0 saturated carbocycles. The molecule has 1 unspecified atom stereocenters. The zero-order valence-corrected chi connectivity index (χ0v) is 17.7. The Morgan fingerprint density at radius 3 is 2.69 bits per heavy atom. The highest BCUT2D eigenvalue weighted by Crippen LogP contribution is 2.36. The lowest BCUT2D eigenvalue weighted by molar-refractivity contribution is 0.240. The predicted octanol–water partition coefficient (Wildman–Crippen LogP) is 4.72. The topological polar surface area (TPSA) is 33.7 Å².